The molecule has 1 aromatic carbocycles. The van der Waals surface area contributed by atoms with Gasteiger partial charge in [0, 0.05) is 18.3 Å². The van der Waals surface area contributed by atoms with Gasteiger partial charge in [-0.25, -0.2) is 9.50 Å². The lowest BCUT2D eigenvalue weighted by atomic mass is 10.2. The highest BCUT2D eigenvalue weighted by molar-refractivity contribution is 6.04. The number of benzene rings is 1. The van der Waals surface area contributed by atoms with Crippen molar-refractivity contribution in [1.82, 2.24) is 19.9 Å². The van der Waals surface area contributed by atoms with Crippen LogP contribution in [0.5, 0.6) is 0 Å². The van der Waals surface area contributed by atoms with E-state index in [9.17, 15) is 0 Å². The summed E-state index contributed by atoms with van der Waals surface area (Å²) in [6.45, 7) is 1.70. The summed E-state index contributed by atoms with van der Waals surface area (Å²) in [5.74, 6) is 1.64. The van der Waals surface area contributed by atoms with Crippen molar-refractivity contribution >= 4 is 11.5 Å². The molecule has 0 atom stereocenters. The number of aliphatic imine (C=N–C) groups is 1. The first kappa shape index (κ1) is 11.2. The Kier molecular flexibility index (Phi) is 2.48. The van der Waals surface area contributed by atoms with Crippen molar-refractivity contribution in [3.8, 4) is 11.4 Å². The van der Waals surface area contributed by atoms with Crippen LogP contribution in [0, 0.1) is 0 Å². The Balaban J connectivity index is 1.89. The van der Waals surface area contributed by atoms with E-state index in [1.807, 2.05) is 48.7 Å². The fourth-order valence-corrected chi connectivity index (χ4v) is 2.38. The second-order valence-corrected chi connectivity index (χ2v) is 4.65. The number of nitrogens with one attached hydrogen (secondary N) is 1. The number of nitrogens with zero attached hydrogens (tertiary/aromatic N) is 4. The molecule has 0 bridgehead atoms. The first-order valence-corrected chi connectivity index (χ1v) is 6.61. The number of hydrogen-bond acceptors (Lipinski definition) is 4. The van der Waals surface area contributed by atoms with E-state index in [0.717, 1.165) is 41.5 Å². The summed E-state index contributed by atoms with van der Waals surface area (Å²) in [6.07, 6.45) is 1.91. The number of hydrogen-bond donors (Lipinski definition) is 1. The van der Waals surface area contributed by atoms with Crippen LogP contribution in [0.15, 0.2) is 53.7 Å². The molecular weight excluding hydrogens is 250 g/mol. The van der Waals surface area contributed by atoms with Gasteiger partial charge >= 0.3 is 0 Å². The van der Waals surface area contributed by atoms with Crippen molar-refractivity contribution in [1.29, 1.82) is 0 Å². The molecule has 2 aromatic heterocycles. The molecule has 1 aliphatic heterocycles. The third-order valence-corrected chi connectivity index (χ3v) is 3.32. The third-order valence-electron chi connectivity index (χ3n) is 3.32. The van der Waals surface area contributed by atoms with Gasteiger partial charge in [-0.05, 0) is 12.1 Å². The van der Waals surface area contributed by atoms with Crippen LogP contribution in [0.3, 0.4) is 0 Å². The molecule has 0 unspecified atom stereocenters. The summed E-state index contributed by atoms with van der Waals surface area (Å²) >= 11 is 0. The molecule has 20 heavy (non-hydrogen) atoms. The van der Waals surface area contributed by atoms with Crippen LogP contribution >= 0.6 is 0 Å². The van der Waals surface area contributed by atoms with Gasteiger partial charge in [-0.2, -0.15) is 0 Å². The zero-order valence-electron chi connectivity index (χ0n) is 10.8. The largest absolute Gasteiger partial charge is 0.368 e. The fourth-order valence-electron chi connectivity index (χ4n) is 2.38. The first-order chi connectivity index (χ1) is 9.92. The summed E-state index contributed by atoms with van der Waals surface area (Å²) in [6, 6.07) is 14.0. The predicted molar refractivity (Wildman–Crippen MR) is 77.8 cm³/mol. The molecule has 3 aromatic rings. The molecular formula is C15H13N5. The van der Waals surface area contributed by atoms with Gasteiger partial charge in [0.1, 0.15) is 5.84 Å². The topological polar surface area (TPSA) is 54.6 Å². The summed E-state index contributed by atoms with van der Waals surface area (Å²) in [4.78, 5) is 9.12. The Morgan fingerprint density at radius 2 is 1.95 bits per heavy atom. The Bertz CT molecular complexity index is 788. The van der Waals surface area contributed by atoms with Gasteiger partial charge in [0.25, 0.3) is 0 Å². The van der Waals surface area contributed by atoms with Gasteiger partial charge < -0.3 is 5.32 Å². The van der Waals surface area contributed by atoms with E-state index in [-0.39, 0.29) is 0 Å². The van der Waals surface area contributed by atoms with Gasteiger partial charge in [0.2, 0.25) is 0 Å². The van der Waals surface area contributed by atoms with Gasteiger partial charge in [0.05, 0.1) is 12.1 Å². The Labute approximate surface area is 116 Å². The number of fused-ring (bicyclic) bond motifs is 1. The minimum Gasteiger partial charge on any atom is -0.368 e. The maximum atomic E-state index is 4.66. The third kappa shape index (κ3) is 1.75. The maximum absolute atomic E-state index is 4.66. The SMILES string of the molecule is c1ccc(-c2nc3c(C4=NCCN4)cccn3n2)cc1. The van der Waals surface area contributed by atoms with Crippen LogP contribution in [0.25, 0.3) is 17.0 Å². The highest BCUT2D eigenvalue weighted by atomic mass is 15.3. The zero-order valence-corrected chi connectivity index (χ0v) is 10.8. The summed E-state index contributed by atoms with van der Waals surface area (Å²) in [7, 11) is 0. The van der Waals surface area contributed by atoms with E-state index in [2.05, 4.69) is 20.4 Å². The van der Waals surface area contributed by atoms with E-state index in [0.29, 0.717) is 0 Å². The average molecular weight is 263 g/mol. The van der Waals surface area contributed by atoms with Crippen molar-refractivity contribution in [3.05, 3.63) is 54.2 Å². The molecule has 5 nitrogen and oxygen atoms in total. The van der Waals surface area contributed by atoms with Crippen molar-refractivity contribution in [2.24, 2.45) is 4.99 Å². The number of pyridine rings is 1. The number of amidine groups is 1. The maximum Gasteiger partial charge on any atom is 0.182 e. The van der Waals surface area contributed by atoms with Gasteiger partial charge in [-0.15, -0.1) is 5.10 Å². The molecule has 5 heteroatoms. The molecule has 0 fully saturated rings. The lowest BCUT2D eigenvalue weighted by Crippen LogP contribution is -2.20. The smallest absolute Gasteiger partial charge is 0.182 e. The van der Waals surface area contributed by atoms with Crippen LogP contribution in [-0.4, -0.2) is 33.5 Å². The lowest BCUT2D eigenvalue weighted by Gasteiger charge is -2.02. The van der Waals surface area contributed by atoms with E-state index in [1.165, 1.54) is 0 Å². The number of rotatable bonds is 2. The average Bonchev–Trinajstić information content (AvgIpc) is 3.17. The standard InChI is InChI=1S/C15H13N5/c1-2-5-11(6-3-1)13-18-15-12(14-16-8-9-17-14)7-4-10-20(15)19-13/h1-7,10H,8-9H2,(H,16,17). The molecule has 0 radical (unpaired) electrons. The summed E-state index contributed by atoms with van der Waals surface area (Å²) in [5.41, 5.74) is 2.85. The molecule has 0 aliphatic carbocycles. The second-order valence-electron chi connectivity index (χ2n) is 4.65. The summed E-state index contributed by atoms with van der Waals surface area (Å²) in [5, 5.41) is 7.82. The summed E-state index contributed by atoms with van der Waals surface area (Å²) < 4.78 is 1.81. The normalized spacial score (nSPS) is 14.3. The molecule has 0 saturated heterocycles. The molecule has 3 heterocycles. The molecule has 0 saturated carbocycles. The van der Waals surface area contributed by atoms with Crippen LogP contribution in [0.2, 0.25) is 0 Å². The van der Waals surface area contributed by atoms with Crippen molar-refractivity contribution in [2.75, 3.05) is 13.1 Å². The lowest BCUT2D eigenvalue weighted by molar-refractivity contribution is 0.953. The molecule has 0 spiro atoms. The first-order valence-electron chi connectivity index (χ1n) is 6.61. The highest BCUT2D eigenvalue weighted by Gasteiger charge is 2.15. The molecule has 4 rings (SSSR count). The Hall–Kier alpha value is -2.69. The molecule has 0 amide bonds. The molecule has 98 valence electrons. The zero-order chi connectivity index (χ0) is 13.4. The molecule has 1 N–H and O–H groups in total. The Morgan fingerprint density at radius 3 is 2.75 bits per heavy atom. The number of aromatic nitrogens is 3. The molecule has 1 aliphatic rings. The van der Waals surface area contributed by atoms with Crippen LogP contribution in [-0.2, 0) is 0 Å². The van der Waals surface area contributed by atoms with Crippen molar-refractivity contribution < 1.29 is 0 Å². The highest BCUT2D eigenvalue weighted by Crippen LogP contribution is 2.18. The van der Waals surface area contributed by atoms with Crippen molar-refractivity contribution in [2.45, 2.75) is 0 Å². The van der Waals surface area contributed by atoms with E-state index >= 15 is 0 Å². The van der Waals surface area contributed by atoms with Gasteiger partial charge in [0.15, 0.2) is 11.5 Å². The quantitative estimate of drug-likeness (QED) is 0.766. The van der Waals surface area contributed by atoms with Gasteiger partial charge in [-0.3, -0.25) is 4.99 Å². The van der Waals surface area contributed by atoms with Crippen molar-refractivity contribution in [3.63, 3.8) is 0 Å². The van der Waals surface area contributed by atoms with E-state index in [1.54, 1.807) is 4.52 Å². The van der Waals surface area contributed by atoms with E-state index < -0.39 is 0 Å². The fraction of sp³-hybridized carbons (Fsp3) is 0.133. The van der Waals surface area contributed by atoms with E-state index in [4.69, 9.17) is 0 Å². The minimum atomic E-state index is 0.733. The van der Waals surface area contributed by atoms with Crippen LogP contribution < -0.4 is 5.32 Å². The predicted octanol–water partition coefficient (Wildman–Crippen LogP) is 1.75. The minimum absolute atomic E-state index is 0.733. The van der Waals surface area contributed by atoms with Gasteiger partial charge in [-0.1, -0.05) is 30.3 Å². The van der Waals surface area contributed by atoms with Crippen LogP contribution in [0.4, 0.5) is 0 Å². The van der Waals surface area contributed by atoms with Crippen LogP contribution in [0.1, 0.15) is 5.56 Å². The second kappa shape index (κ2) is 4.45. The monoisotopic (exact) mass is 263 g/mol. The Morgan fingerprint density at radius 1 is 1.05 bits per heavy atom.